The number of unbranched alkanes of at least 4 members (excludes halogenated alkanes) is 2. The summed E-state index contributed by atoms with van der Waals surface area (Å²) in [5.74, 6) is 2.13. The van der Waals surface area contributed by atoms with Crippen LogP contribution >= 0.6 is 23.2 Å². The van der Waals surface area contributed by atoms with Crippen LogP contribution < -0.4 is 4.74 Å². The van der Waals surface area contributed by atoms with Crippen LogP contribution in [0.15, 0.2) is 18.2 Å². The molecule has 2 fully saturated rings. The van der Waals surface area contributed by atoms with Crippen LogP contribution in [-0.2, 0) is 4.74 Å². The van der Waals surface area contributed by atoms with Gasteiger partial charge in [0.25, 0.3) is 0 Å². The van der Waals surface area contributed by atoms with Crippen molar-refractivity contribution in [3.05, 3.63) is 28.2 Å². The molecule has 1 aromatic carbocycles. The summed E-state index contributed by atoms with van der Waals surface area (Å²) >= 11 is 12.1. The summed E-state index contributed by atoms with van der Waals surface area (Å²) < 4.78 is 12.6. The van der Waals surface area contributed by atoms with Crippen LogP contribution in [0, 0.1) is 11.8 Å². The van der Waals surface area contributed by atoms with E-state index in [-0.39, 0.29) is 0 Å². The van der Waals surface area contributed by atoms with Crippen LogP contribution in [0.3, 0.4) is 0 Å². The lowest BCUT2D eigenvalue weighted by molar-refractivity contribution is -0.0584. The number of benzene rings is 1. The average molecular weight is 456 g/mol. The molecule has 3 rings (SSSR count). The van der Waals surface area contributed by atoms with Gasteiger partial charge in [-0.1, -0.05) is 62.2 Å². The Kier molecular flexibility index (Phi) is 10.6. The molecule has 170 valence electrons. The van der Waals surface area contributed by atoms with Crippen molar-refractivity contribution in [3.8, 4) is 5.75 Å². The summed E-state index contributed by atoms with van der Waals surface area (Å²) in [6, 6.07) is 5.49. The molecule has 0 spiro atoms. The lowest BCUT2D eigenvalue weighted by Crippen LogP contribution is -2.46. The van der Waals surface area contributed by atoms with Gasteiger partial charge in [0, 0.05) is 19.2 Å². The number of hydrogen-bond acceptors (Lipinski definition) is 3. The predicted octanol–water partition coefficient (Wildman–Crippen LogP) is 7.24. The van der Waals surface area contributed by atoms with E-state index in [2.05, 4.69) is 11.8 Å². The van der Waals surface area contributed by atoms with Crippen molar-refractivity contribution in [1.82, 2.24) is 4.90 Å². The third kappa shape index (κ3) is 7.89. The SMILES string of the molecule is CCCCCN1CC[C@@H](CCOc2ccc(Cl)c(Cl)c2)[C@@H](OCC2CCCCC2)C1. The summed E-state index contributed by atoms with van der Waals surface area (Å²) in [5.41, 5.74) is 0. The number of halogens is 2. The summed E-state index contributed by atoms with van der Waals surface area (Å²) in [6.45, 7) is 7.39. The zero-order chi connectivity index (χ0) is 21.2. The average Bonchev–Trinajstić information content (AvgIpc) is 2.77. The van der Waals surface area contributed by atoms with E-state index in [1.54, 1.807) is 12.1 Å². The molecule has 3 nitrogen and oxygen atoms in total. The van der Waals surface area contributed by atoms with Crippen LogP contribution in [-0.4, -0.2) is 43.9 Å². The molecule has 0 aromatic heterocycles. The molecule has 1 aliphatic heterocycles. The smallest absolute Gasteiger partial charge is 0.120 e. The van der Waals surface area contributed by atoms with E-state index in [4.69, 9.17) is 32.7 Å². The summed E-state index contributed by atoms with van der Waals surface area (Å²) in [5, 5.41) is 1.11. The van der Waals surface area contributed by atoms with Crippen LogP contribution in [0.5, 0.6) is 5.75 Å². The highest BCUT2D eigenvalue weighted by Crippen LogP contribution is 2.30. The molecule has 0 N–H and O–H groups in total. The Balaban J connectivity index is 1.49. The first kappa shape index (κ1) is 24.2. The van der Waals surface area contributed by atoms with Gasteiger partial charge in [0.1, 0.15) is 5.75 Å². The minimum atomic E-state index is 0.333. The second-order valence-corrected chi connectivity index (χ2v) is 9.96. The van der Waals surface area contributed by atoms with Crippen LogP contribution in [0.1, 0.15) is 71.1 Å². The maximum absolute atomic E-state index is 6.57. The lowest BCUT2D eigenvalue weighted by atomic mass is 9.88. The van der Waals surface area contributed by atoms with Crippen LogP contribution in [0.2, 0.25) is 10.0 Å². The van der Waals surface area contributed by atoms with E-state index in [0.29, 0.717) is 28.7 Å². The Labute approximate surface area is 193 Å². The van der Waals surface area contributed by atoms with Gasteiger partial charge in [0.2, 0.25) is 0 Å². The Morgan fingerprint density at radius 2 is 1.87 bits per heavy atom. The van der Waals surface area contributed by atoms with Crippen LogP contribution in [0.4, 0.5) is 0 Å². The molecule has 30 heavy (non-hydrogen) atoms. The zero-order valence-corrected chi connectivity index (χ0v) is 20.1. The molecular formula is C25H39Cl2NO2. The van der Waals surface area contributed by atoms with Crippen molar-refractivity contribution in [2.45, 2.75) is 77.2 Å². The predicted molar refractivity (Wildman–Crippen MR) is 127 cm³/mol. The quantitative estimate of drug-likeness (QED) is 0.328. The number of likely N-dealkylation sites (tertiary alicyclic amines) is 1. The Bertz CT molecular complexity index is 621. The first-order valence-electron chi connectivity index (χ1n) is 12.1. The van der Waals surface area contributed by atoms with Crippen LogP contribution in [0.25, 0.3) is 0 Å². The van der Waals surface area contributed by atoms with Gasteiger partial charge in [0.05, 0.1) is 22.8 Å². The fourth-order valence-electron chi connectivity index (χ4n) is 4.84. The van der Waals surface area contributed by atoms with Gasteiger partial charge in [0.15, 0.2) is 0 Å². The fraction of sp³-hybridized carbons (Fsp3) is 0.760. The minimum absolute atomic E-state index is 0.333. The molecule has 5 heteroatoms. The third-order valence-electron chi connectivity index (χ3n) is 6.78. The molecule has 0 amide bonds. The number of hydrogen-bond donors (Lipinski definition) is 0. The highest BCUT2D eigenvalue weighted by Gasteiger charge is 2.30. The number of rotatable bonds is 11. The van der Waals surface area contributed by atoms with Gasteiger partial charge >= 0.3 is 0 Å². The Morgan fingerprint density at radius 1 is 1.03 bits per heavy atom. The monoisotopic (exact) mass is 455 g/mol. The topological polar surface area (TPSA) is 21.7 Å². The Hall–Kier alpha value is -0.480. The summed E-state index contributed by atoms with van der Waals surface area (Å²) in [7, 11) is 0. The van der Waals surface area contributed by atoms with Gasteiger partial charge in [-0.3, -0.25) is 0 Å². The molecular weight excluding hydrogens is 417 g/mol. The van der Waals surface area contributed by atoms with Gasteiger partial charge in [-0.15, -0.1) is 0 Å². The van der Waals surface area contributed by atoms with Crippen molar-refractivity contribution in [2.75, 3.05) is 32.8 Å². The number of nitrogens with zero attached hydrogens (tertiary/aromatic N) is 1. The lowest BCUT2D eigenvalue weighted by Gasteiger charge is -2.39. The fourth-order valence-corrected chi connectivity index (χ4v) is 5.13. The maximum atomic E-state index is 6.57. The van der Waals surface area contributed by atoms with E-state index in [1.807, 2.05) is 6.07 Å². The maximum Gasteiger partial charge on any atom is 0.120 e. The molecule has 1 saturated carbocycles. The van der Waals surface area contributed by atoms with E-state index < -0.39 is 0 Å². The van der Waals surface area contributed by atoms with Gasteiger partial charge in [-0.25, -0.2) is 0 Å². The van der Waals surface area contributed by atoms with Crippen molar-refractivity contribution in [2.24, 2.45) is 11.8 Å². The van der Waals surface area contributed by atoms with Crippen molar-refractivity contribution in [3.63, 3.8) is 0 Å². The van der Waals surface area contributed by atoms with Gasteiger partial charge < -0.3 is 14.4 Å². The highest BCUT2D eigenvalue weighted by molar-refractivity contribution is 6.42. The molecule has 1 aromatic rings. The second-order valence-electron chi connectivity index (χ2n) is 9.15. The van der Waals surface area contributed by atoms with Crippen molar-refractivity contribution < 1.29 is 9.47 Å². The molecule has 0 unspecified atom stereocenters. The first-order valence-corrected chi connectivity index (χ1v) is 12.8. The molecule has 1 saturated heterocycles. The number of piperidine rings is 1. The summed E-state index contributed by atoms with van der Waals surface area (Å²) in [6.07, 6.45) is 13.3. The van der Waals surface area contributed by atoms with E-state index in [0.717, 1.165) is 31.2 Å². The molecule has 1 heterocycles. The molecule has 1 aliphatic carbocycles. The normalized spacial score (nSPS) is 23.6. The van der Waals surface area contributed by atoms with Gasteiger partial charge in [-0.2, -0.15) is 0 Å². The standard InChI is InChI=1S/C25H39Cl2NO2/c1-2-3-7-14-28-15-12-21(13-16-29-22-10-11-23(26)24(27)17-22)25(18-28)30-19-20-8-5-4-6-9-20/h10-11,17,20-21,25H,2-9,12-16,18-19H2,1H3/t21-,25-/m0/s1. The zero-order valence-electron chi connectivity index (χ0n) is 18.6. The first-order chi connectivity index (χ1) is 14.7. The molecule has 0 bridgehead atoms. The van der Waals surface area contributed by atoms with Crippen molar-refractivity contribution >= 4 is 23.2 Å². The Morgan fingerprint density at radius 3 is 2.63 bits per heavy atom. The van der Waals surface area contributed by atoms with E-state index in [1.165, 1.54) is 70.9 Å². The summed E-state index contributed by atoms with van der Waals surface area (Å²) in [4.78, 5) is 2.62. The second kappa shape index (κ2) is 13.2. The van der Waals surface area contributed by atoms with E-state index in [9.17, 15) is 0 Å². The van der Waals surface area contributed by atoms with Gasteiger partial charge in [-0.05, 0) is 69.2 Å². The van der Waals surface area contributed by atoms with Crippen molar-refractivity contribution in [1.29, 1.82) is 0 Å². The third-order valence-corrected chi connectivity index (χ3v) is 7.52. The molecule has 0 radical (unpaired) electrons. The number of ether oxygens (including phenoxy) is 2. The largest absolute Gasteiger partial charge is 0.494 e. The van der Waals surface area contributed by atoms with E-state index >= 15 is 0 Å². The highest BCUT2D eigenvalue weighted by atomic mass is 35.5. The molecule has 2 aliphatic rings. The molecule has 2 atom stereocenters. The minimum Gasteiger partial charge on any atom is -0.494 e.